The summed E-state index contributed by atoms with van der Waals surface area (Å²) in [6.45, 7) is 3.48. The summed E-state index contributed by atoms with van der Waals surface area (Å²) in [7, 11) is 6.06. The second kappa shape index (κ2) is 6.20. The van der Waals surface area contributed by atoms with Crippen LogP contribution in [0.15, 0.2) is 6.20 Å². The molecule has 0 bridgehead atoms. The van der Waals surface area contributed by atoms with E-state index in [1.807, 2.05) is 32.2 Å². The molecule has 1 aliphatic carbocycles. The van der Waals surface area contributed by atoms with Crippen LogP contribution in [0.25, 0.3) is 0 Å². The van der Waals surface area contributed by atoms with Crippen molar-refractivity contribution in [2.45, 2.75) is 19.4 Å². The third-order valence-corrected chi connectivity index (χ3v) is 3.24. The molecule has 1 N–H and O–H groups in total. The number of rotatable bonds is 8. The molecule has 0 amide bonds. The number of aromatic nitrogens is 2. The lowest BCUT2D eigenvalue weighted by Crippen LogP contribution is -2.22. The number of ether oxygens (including phenoxy) is 1. The SMILES string of the molecule is CN(C)c1ncc(CNCCOCC2CC2)n1C. The molecule has 0 spiro atoms. The van der Waals surface area contributed by atoms with E-state index in [0.717, 1.165) is 38.2 Å². The number of hydrogen-bond acceptors (Lipinski definition) is 4. The van der Waals surface area contributed by atoms with Gasteiger partial charge >= 0.3 is 0 Å². The van der Waals surface area contributed by atoms with Gasteiger partial charge in [0.2, 0.25) is 5.95 Å². The first-order chi connectivity index (χ1) is 8.68. The molecule has 0 radical (unpaired) electrons. The second-order valence-electron chi connectivity index (χ2n) is 5.20. The van der Waals surface area contributed by atoms with Gasteiger partial charge in [-0.15, -0.1) is 0 Å². The summed E-state index contributed by atoms with van der Waals surface area (Å²) in [5.41, 5.74) is 1.20. The largest absolute Gasteiger partial charge is 0.380 e. The molecule has 1 saturated carbocycles. The van der Waals surface area contributed by atoms with Gasteiger partial charge in [0.25, 0.3) is 0 Å². The van der Waals surface area contributed by atoms with Gasteiger partial charge in [0.1, 0.15) is 0 Å². The summed E-state index contributed by atoms with van der Waals surface area (Å²) in [4.78, 5) is 6.40. The highest BCUT2D eigenvalue weighted by atomic mass is 16.5. The molecule has 1 fully saturated rings. The third kappa shape index (κ3) is 3.71. The number of hydrogen-bond donors (Lipinski definition) is 1. The van der Waals surface area contributed by atoms with Crippen LogP contribution >= 0.6 is 0 Å². The molecule has 102 valence electrons. The van der Waals surface area contributed by atoms with Crippen molar-refractivity contribution in [2.75, 3.05) is 38.8 Å². The van der Waals surface area contributed by atoms with Crippen molar-refractivity contribution in [3.05, 3.63) is 11.9 Å². The van der Waals surface area contributed by atoms with Crippen LogP contribution in [0.1, 0.15) is 18.5 Å². The normalized spacial score (nSPS) is 15.1. The number of anilines is 1. The van der Waals surface area contributed by atoms with Crippen LogP contribution in [0.4, 0.5) is 5.95 Å². The zero-order valence-electron chi connectivity index (χ0n) is 11.6. The molecular weight excluding hydrogens is 228 g/mol. The van der Waals surface area contributed by atoms with Gasteiger partial charge in [-0.05, 0) is 18.8 Å². The molecule has 2 rings (SSSR count). The summed E-state index contributed by atoms with van der Waals surface area (Å²) in [5, 5.41) is 3.38. The number of nitrogens with one attached hydrogen (secondary N) is 1. The molecule has 1 aliphatic rings. The van der Waals surface area contributed by atoms with Gasteiger partial charge in [-0.1, -0.05) is 0 Å². The Balaban J connectivity index is 1.63. The van der Waals surface area contributed by atoms with Gasteiger partial charge < -0.3 is 19.5 Å². The van der Waals surface area contributed by atoms with Gasteiger partial charge in [-0.2, -0.15) is 0 Å². The molecule has 0 unspecified atom stereocenters. The van der Waals surface area contributed by atoms with E-state index in [0.29, 0.717) is 0 Å². The summed E-state index contributed by atoms with van der Waals surface area (Å²) in [6, 6.07) is 0. The molecule has 0 atom stereocenters. The highest BCUT2D eigenvalue weighted by molar-refractivity contribution is 5.30. The molecule has 5 heteroatoms. The first-order valence-corrected chi connectivity index (χ1v) is 6.65. The fourth-order valence-corrected chi connectivity index (χ4v) is 1.91. The maximum atomic E-state index is 5.58. The van der Waals surface area contributed by atoms with Gasteiger partial charge in [-0.3, -0.25) is 0 Å². The average Bonchev–Trinajstić information content (AvgIpc) is 3.08. The van der Waals surface area contributed by atoms with Crippen LogP contribution in [0.3, 0.4) is 0 Å². The second-order valence-corrected chi connectivity index (χ2v) is 5.20. The van der Waals surface area contributed by atoms with Crippen LogP contribution in [-0.2, 0) is 18.3 Å². The molecule has 1 heterocycles. The van der Waals surface area contributed by atoms with E-state index in [2.05, 4.69) is 14.9 Å². The Hall–Kier alpha value is -1.07. The lowest BCUT2D eigenvalue weighted by Gasteiger charge is -2.12. The first-order valence-electron chi connectivity index (χ1n) is 6.65. The zero-order chi connectivity index (χ0) is 13.0. The summed E-state index contributed by atoms with van der Waals surface area (Å²) < 4.78 is 7.69. The van der Waals surface area contributed by atoms with E-state index in [4.69, 9.17) is 4.74 Å². The predicted molar refractivity (Wildman–Crippen MR) is 72.8 cm³/mol. The van der Waals surface area contributed by atoms with Gasteiger partial charge in [0, 0.05) is 40.8 Å². The minimum absolute atomic E-state index is 0.800. The summed E-state index contributed by atoms with van der Waals surface area (Å²) in [6.07, 6.45) is 4.64. The number of imidazole rings is 1. The fourth-order valence-electron chi connectivity index (χ4n) is 1.91. The Morgan fingerprint density at radius 1 is 1.50 bits per heavy atom. The minimum Gasteiger partial charge on any atom is -0.380 e. The highest BCUT2D eigenvalue weighted by Gasteiger charge is 2.20. The lowest BCUT2D eigenvalue weighted by atomic mass is 10.4. The van der Waals surface area contributed by atoms with E-state index < -0.39 is 0 Å². The first kappa shape index (κ1) is 13.4. The molecule has 1 aromatic rings. The third-order valence-electron chi connectivity index (χ3n) is 3.24. The van der Waals surface area contributed by atoms with Crippen molar-refractivity contribution < 1.29 is 4.74 Å². The van der Waals surface area contributed by atoms with Crippen LogP contribution < -0.4 is 10.2 Å². The Morgan fingerprint density at radius 3 is 2.89 bits per heavy atom. The van der Waals surface area contributed by atoms with Crippen molar-refractivity contribution in [2.24, 2.45) is 13.0 Å². The summed E-state index contributed by atoms with van der Waals surface area (Å²) in [5.74, 6) is 1.83. The molecule has 5 nitrogen and oxygen atoms in total. The Morgan fingerprint density at radius 2 is 2.28 bits per heavy atom. The fraction of sp³-hybridized carbons (Fsp3) is 0.769. The highest BCUT2D eigenvalue weighted by Crippen LogP contribution is 2.28. The topological polar surface area (TPSA) is 42.3 Å². The zero-order valence-corrected chi connectivity index (χ0v) is 11.6. The predicted octanol–water partition coefficient (Wildman–Crippen LogP) is 1.00. The Kier molecular flexibility index (Phi) is 4.60. The van der Waals surface area contributed by atoms with Crippen LogP contribution in [0, 0.1) is 5.92 Å². The quantitative estimate of drug-likeness (QED) is 0.701. The van der Waals surface area contributed by atoms with Crippen molar-refractivity contribution in [3.8, 4) is 0 Å². The molecule has 1 aromatic heterocycles. The molecule has 0 aliphatic heterocycles. The van der Waals surface area contributed by atoms with E-state index in [-0.39, 0.29) is 0 Å². The van der Waals surface area contributed by atoms with Crippen LogP contribution in [-0.4, -0.2) is 43.4 Å². The monoisotopic (exact) mass is 252 g/mol. The van der Waals surface area contributed by atoms with Crippen LogP contribution in [0.2, 0.25) is 0 Å². The van der Waals surface area contributed by atoms with Crippen LogP contribution in [0.5, 0.6) is 0 Å². The molecular formula is C13H24N4O. The minimum atomic E-state index is 0.800. The molecule has 0 saturated heterocycles. The standard InChI is InChI=1S/C13H24N4O/c1-16(2)13-15-9-12(17(13)3)8-14-6-7-18-10-11-4-5-11/h9,11,14H,4-8,10H2,1-3H3. The number of nitrogens with zero attached hydrogens (tertiary/aromatic N) is 3. The van der Waals surface area contributed by atoms with Gasteiger partial charge in [0.15, 0.2) is 0 Å². The Labute approximate surface area is 109 Å². The maximum Gasteiger partial charge on any atom is 0.204 e. The van der Waals surface area contributed by atoms with Crippen molar-refractivity contribution in [1.82, 2.24) is 14.9 Å². The molecule has 0 aromatic carbocycles. The van der Waals surface area contributed by atoms with Crippen molar-refractivity contribution >= 4 is 5.95 Å². The smallest absolute Gasteiger partial charge is 0.204 e. The van der Waals surface area contributed by atoms with Crippen molar-refractivity contribution in [3.63, 3.8) is 0 Å². The van der Waals surface area contributed by atoms with E-state index in [1.54, 1.807) is 0 Å². The van der Waals surface area contributed by atoms with Gasteiger partial charge in [-0.25, -0.2) is 4.98 Å². The molecule has 18 heavy (non-hydrogen) atoms. The Bertz CT molecular complexity index is 371. The summed E-state index contributed by atoms with van der Waals surface area (Å²) >= 11 is 0. The lowest BCUT2D eigenvalue weighted by molar-refractivity contribution is 0.126. The average molecular weight is 252 g/mol. The maximum absolute atomic E-state index is 5.58. The van der Waals surface area contributed by atoms with E-state index in [1.165, 1.54) is 18.5 Å². The van der Waals surface area contributed by atoms with E-state index in [9.17, 15) is 0 Å². The van der Waals surface area contributed by atoms with E-state index >= 15 is 0 Å². The van der Waals surface area contributed by atoms with Crippen molar-refractivity contribution in [1.29, 1.82) is 0 Å². The van der Waals surface area contributed by atoms with Gasteiger partial charge in [0.05, 0.1) is 18.5 Å².